The Kier molecular flexibility index (Phi) is 7.17. The summed E-state index contributed by atoms with van der Waals surface area (Å²) in [7, 11) is 0. The number of nitrogens with zero attached hydrogens (tertiary/aromatic N) is 3. The molecule has 1 aromatic carbocycles. The van der Waals surface area contributed by atoms with Crippen LogP contribution in [0, 0.1) is 0 Å². The topological polar surface area (TPSA) is 44.6 Å². The van der Waals surface area contributed by atoms with E-state index >= 15 is 0 Å². The molecule has 1 aliphatic heterocycles. The highest BCUT2D eigenvalue weighted by Gasteiger charge is 2.23. The van der Waals surface area contributed by atoms with E-state index in [0.29, 0.717) is 0 Å². The van der Waals surface area contributed by atoms with E-state index in [-0.39, 0.29) is 0 Å². The van der Waals surface area contributed by atoms with Crippen LogP contribution in [0.5, 0.6) is 0 Å². The molecule has 1 aliphatic carbocycles. The summed E-state index contributed by atoms with van der Waals surface area (Å²) in [5.41, 5.74) is 6.10. The molecule has 5 nitrogen and oxygen atoms in total. The Hall–Kier alpha value is -2.21. The molecule has 0 spiro atoms. The summed E-state index contributed by atoms with van der Waals surface area (Å²) in [5.74, 6) is 0. The van der Waals surface area contributed by atoms with Gasteiger partial charge in [0.2, 0.25) is 0 Å². The molecular weight excluding hydrogens is 394 g/mol. The van der Waals surface area contributed by atoms with E-state index in [1.54, 1.807) is 0 Å². The summed E-state index contributed by atoms with van der Waals surface area (Å²) in [5, 5.41) is 7.35. The van der Waals surface area contributed by atoms with Crippen LogP contribution in [-0.2, 0) is 13.1 Å². The Bertz CT molecular complexity index is 990. The zero-order valence-electron chi connectivity index (χ0n) is 19.2. The maximum atomic E-state index is 4.98. The van der Waals surface area contributed by atoms with Crippen molar-refractivity contribution in [2.24, 2.45) is 0 Å². The molecule has 2 aromatic heterocycles. The third-order valence-corrected chi connectivity index (χ3v) is 7.04. The SMILES string of the molecule is c1ccc(-c2nc3cccc4n3c2CN(CCCCNCCNC2CCCCC2)C4)cc1. The zero-order valence-corrected chi connectivity index (χ0v) is 19.2. The molecule has 5 rings (SSSR count). The molecule has 3 aromatic rings. The summed E-state index contributed by atoms with van der Waals surface area (Å²) < 4.78 is 2.37. The Labute approximate surface area is 192 Å². The Balaban J connectivity index is 1.09. The van der Waals surface area contributed by atoms with Crippen LogP contribution in [0.2, 0.25) is 0 Å². The summed E-state index contributed by atoms with van der Waals surface area (Å²) in [6.45, 7) is 6.42. The zero-order chi connectivity index (χ0) is 21.6. The molecule has 0 amide bonds. The van der Waals surface area contributed by atoms with Gasteiger partial charge in [-0.15, -0.1) is 0 Å². The average Bonchev–Trinajstić information content (AvgIpc) is 3.22. The lowest BCUT2D eigenvalue weighted by Gasteiger charge is -2.28. The lowest BCUT2D eigenvalue weighted by atomic mass is 9.95. The van der Waals surface area contributed by atoms with Crippen LogP contribution in [0.15, 0.2) is 48.5 Å². The normalized spacial score (nSPS) is 17.2. The van der Waals surface area contributed by atoms with Crippen molar-refractivity contribution in [2.75, 3.05) is 26.2 Å². The Morgan fingerprint density at radius 2 is 1.72 bits per heavy atom. The van der Waals surface area contributed by atoms with Crippen molar-refractivity contribution in [2.45, 2.75) is 64.1 Å². The quantitative estimate of drug-likeness (QED) is 0.460. The number of benzene rings is 1. The minimum absolute atomic E-state index is 0.767. The van der Waals surface area contributed by atoms with Crippen LogP contribution in [0.25, 0.3) is 16.9 Å². The van der Waals surface area contributed by atoms with Crippen molar-refractivity contribution in [3.05, 3.63) is 59.9 Å². The van der Waals surface area contributed by atoms with Crippen LogP contribution in [0.4, 0.5) is 0 Å². The molecule has 2 aliphatic rings. The van der Waals surface area contributed by atoms with Gasteiger partial charge in [0.1, 0.15) is 5.65 Å². The van der Waals surface area contributed by atoms with E-state index in [1.807, 2.05) is 0 Å². The van der Waals surface area contributed by atoms with Gasteiger partial charge < -0.3 is 10.6 Å². The molecule has 32 heavy (non-hydrogen) atoms. The highest BCUT2D eigenvalue weighted by molar-refractivity contribution is 5.67. The number of aromatic nitrogens is 2. The first-order valence-corrected chi connectivity index (χ1v) is 12.6. The van der Waals surface area contributed by atoms with Crippen LogP contribution in [0.3, 0.4) is 0 Å². The minimum Gasteiger partial charge on any atom is -0.315 e. The number of hydrogen-bond donors (Lipinski definition) is 2. The predicted molar refractivity (Wildman–Crippen MR) is 132 cm³/mol. The van der Waals surface area contributed by atoms with Crippen molar-refractivity contribution >= 4 is 5.65 Å². The van der Waals surface area contributed by atoms with Gasteiger partial charge in [0, 0.05) is 43.5 Å². The van der Waals surface area contributed by atoms with Crippen LogP contribution in [0.1, 0.15) is 56.3 Å². The second kappa shape index (κ2) is 10.6. The molecule has 0 unspecified atom stereocenters. The number of imidazole rings is 1. The second-order valence-electron chi connectivity index (χ2n) is 9.44. The number of unbranched alkanes of at least 4 members (excludes halogenated alkanes) is 1. The number of nitrogens with one attached hydrogen (secondary N) is 2. The lowest BCUT2D eigenvalue weighted by Crippen LogP contribution is -2.36. The second-order valence-corrected chi connectivity index (χ2v) is 9.44. The maximum absolute atomic E-state index is 4.98. The molecule has 1 fully saturated rings. The van der Waals surface area contributed by atoms with Crippen molar-refractivity contribution in [1.82, 2.24) is 24.9 Å². The molecule has 0 saturated heterocycles. The van der Waals surface area contributed by atoms with Gasteiger partial charge in [-0.2, -0.15) is 0 Å². The molecule has 170 valence electrons. The van der Waals surface area contributed by atoms with Crippen molar-refractivity contribution in [3.8, 4) is 11.3 Å². The van der Waals surface area contributed by atoms with Gasteiger partial charge in [0.25, 0.3) is 0 Å². The lowest BCUT2D eigenvalue weighted by molar-refractivity contribution is 0.230. The van der Waals surface area contributed by atoms with E-state index in [0.717, 1.165) is 56.7 Å². The molecule has 1 saturated carbocycles. The molecule has 2 N–H and O–H groups in total. The Morgan fingerprint density at radius 1 is 0.844 bits per heavy atom. The molecule has 0 radical (unpaired) electrons. The monoisotopic (exact) mass is 431 g/mol. The van der Waals surface area contributed by atoms with Crippen LogP contribution in [-0.4, -0.2) is 46.5 Å². The fourth-order valence-electron chi connectivity index (χ4n) is 5.36. The standard InChI is InChI=1S/C27H37N5/c1-3-10-22(11-4-1)27-25-21-31(20-24-14-9-15-26(30-27)32(24)25)19-8-7-16-28-17-18-29-23-12-5-2-6-13-23/h1,3-4,9-11,14-15,23,28-29H,2,5-8,12-13,16-21H2. The van der Waals surface area contributed by atoms with Gasteiger partial charge in [-0.1, -0.05) is 55.7 Å². The summed E-state index contributed by atoms with van der Waals surface area (Å²) in [4.78, 5) is 7.57. The van der Waals surface area contributed by atoms with Gasteiger partial charge >= 0.3 is 0 Å². The fraction of sp³-hybridized carbons (Fsp3) is 0.519. The smallest absolute Gasteiger partial charge is 0.137 e. The van der Waals surface area contributed by atoms with Gasteiger partial charge in [0.15, 0.2) is 0 Å². The van der Waals surface area contributed by atoms with Gasteiger partial charge in [0.05, 0.1) is 11.4 Å². The largest absolute Gasteiger partial charge is 0.315 e. The van der Waals surface area contributed by atoms with Gasteiger partial charge in [-0.25, -0.2) is 4.98 Å². The molecular formula is C27H37N5. The van der Waals surface area contributed by atoms with E-state index in [1.165, 1.54) is 61.9 Å². The molecule has 3 heterocycles. The Morgan fingerprint density at radius 3 is 2.59 bits per heavy atom. The van der Waals surface area contributed by atoms with E-state index in [4.69, 9.17) is 4.98 Å². The minimum atomic E-state index is 0.767. The first-order chi connectivity index (χ1) is 15.9. The first kappa shape index (κ1) is 21.6. The fourth-order valence-corrected chi connectivity index (χ4v) is 5.36. The van der Waals surface area contributed by atoms with Crippen LogP contribution < -0.4 is 10.6 Å². The summed E-state index contributed by atoms with van der Waals surface area (Å²) in [6, 6.07) is 17.9. The van der Waals surface area contributed by atoms with Crippen molar-refractivity contribution in [3.63, 3.8) is 0 Å². The third kappa shape index (κ3) is 5.06. The average molecular weight is 432 g/mol. The first-order valence-electron chi connectivity index (χ1n) is 12.6. The molecule has 5 heteroatoms. The van der Waals surface area contributed by atoms with Crippen molar-refractivity contribution in [1.29, 1.82) is 0 Å². The summed E-state index contributed by atoms with van der Waals surface area (Å²) >= 11 is 0. The van der Waals surface area contributed by atoms with Crippen molar-refractivity contribution < 1.29 is 0 Å². The molecule has 0 bridgehead atoms. The van der Waals surface area contributed by atoms with E-state index < -0.39 is 0 Å². The predicted octanol–water partition coefficient (Wildman–Crippen LogP) is 4.61. The number of pyridine rings is 1. The van der Waals surface area contributed by atoms with Gasteiger partial charge in [-0.05, 0) is 50.9 Å². The molecule has 0 atom stereocenters. The van der Waals surface area contributed by atoms with E-state index in [2.05, 4.69) is 68.5 Å². The third-order valence-electron chi connectivity index (χ3n) is 7.04. The maximum Gasteiger partial charge on any atom is 0.137 e. The summed E-state index contributed by atoms with van der Waals surface area (Å²) in [6.07, 6.45) is 9.44. The number of rotatable bonds is 10. The highest BCUT2D eigenvalue weighted by Crippen LogP contribution is 2.30. The van der Waals surface area contributed by atoms with E-state index in [9.17, 15) is 0 Å². The van der Waals surface area contributed by atoms with Gasteiger partial charge in [-0.3, -0.25) is 9.30 Å². The highest BCUT2D eigenvalue weighted by atomic mass is 15.2. The van der Waals surface area contributed by atoms with Crippen LogP contribution >= 0.6 is 0 Å². The number of hydrogen-bond acceptors (Lipinski definition) is 4.